The number of hydrogen-bond donors (Lipinski definition) is 4. The molecule has 0 bridgehead atoms. The zero-order valence-corrected chi connectivity index (χ0v) is 14.0. The number of aliphatic carboxylic acids is 1. The number of hydrogen-bond acceptors (Lipinski definition) is 3. The number of anilines is 2. The van der Waals surface area contributed by atoms with Gasteiger partial charge in [0.1, 0.15) is 0 Å². The fourth-order valence-corrected chi connectivity index (χ4v) is 3.06. The zero-order valence-electron chi connectivity index (χ0n) is 14.0. The predicted octanol–water partition coefficient (Wildman–Crippen LogP) is 2.80. The summed E-state index contributed by atoms with van der Waals surface area (Å²) in [6.07, 6.45) is 4.46. The normalized spacial score (nSPS) is 22.7. The molecule has 7 nitrogen and oxygen atoms in total. The Kier molecular flexibility index (Phi) is 5.21. The van der Waals surface area contributed by atoms with Crippen molar-refractivity contribution in [3.8, 4) is 0 Å². The molecule has 25 heavy (non-hydrogen) atoms. The number of carbonyl (C=O) groups excluding carboxylic acids is 2. The van der Waals surface area contributed by atoms with E-state index in [0.29, 0.717) is 31.4 Å². The van der Waals surface area contributed by atoms with Crippen molar-refractivity contribution in [1.29, 1.82) is 0 Å². The van der Waals surface area contributed by atoms with Gasteiger partial charge < -0.3 is 21.1 Å². The lowest BCUT2D eigenvalue weighted by Crippen LogP contribution is -2.40. The number of urea groups is 1. The van der Waals surface area contributed by atoms with Crippen LogP contribution in [0.2, 0.25) is 0 Å². The van der Waals surface area contributed by atoms with Crippen LogP contribution in [0.25, 0.3) is 0 Å². The van der Waals surface area contributed by atoms with E-state index in [2.05, 4.69) is 16.0 Å². The highest BCUT2D eigenvalue weighted by molar-refractivity contribution is 5.94. The summed E-state index contributed by atoms with van der Waals surface area (Å²) in [5.74, 6) is -0.841. The van der Waals surface area contributed by atoms with Gasteiger partial charge in [0.15, 0.2) is 0 Å². The molecule has 0 radical (unpaired) electrons. The van der Waals surface area contributed by atoms with Crippen LogP contribution in [0.5, 0.6) is 0 Å². The molecular weight excluding hydrogens is 322 g/mol. The minimum Gasteiger partial charge on any atom is -0.481 e. The van der Waals surface area contributed by atoms with Gasteiger partial charge in [-0.1, -0.05) is 0 Å². The summed E-state index contributed by atoms with van der Waals surface area (Å²) in [6, 6.07) is 6.70. The van der Waals surface area contributed by atoms with Crippen molar-refractivity contribution in [2.45, 2.75) is 44.6 Å². The Balaban J connectivity index is 1.43. The van der Waals surface area contributed by atoms with Crippen molar-refractivity contribution in [2.75, 3.05) is 10.6 Å². The van der Waals surface area contributed by atoms with Crippen molar-refractivity contribution in [2.24, 2.45) is 11.8 Å². The van der Waals surface area contributed by atoms with Gasteiger partial charge >= 0.3 is 12.0 Å². The molecule has 0 aliphatic heterocycles. The summed E-state index contributed by atoms with van der Waals surface area (Å²) in [7, 11) is 0. The first-order valence-corrected chi connectivity index (χ1v) is 8.72. The Bertz CT molecular complexity index is 647. The molecule has 1 aromatic carbocycles. The van der Waals surface area contributed by atoms with Crippen molar-refractivity contribution in [3.63, 3.8) is 0 Å². The lowest BCUT2D eigenvalue weighted by atomic mass is 9.86. The van der Waals surface area contributed by atoms with Crippen LogP contribution >= 0.6 is 0 Å². The van der Waals surface area contributed by atoms with E-state index in [1.807, 2.05) is 0 Å². The Morgan fingerprint density at radius 1 is 0.800 bits per heavy atom. The van der Waals surface area contributed by atoms with Gasteiger partial charge in [0.05, 0.1) is 5.92 Å². The first kappa shape index (κ1) is 17.3. The largest absolute Gasteiger partial charge is 0.481 e. The molecule has 0 heterocycles. The average Bonchev–Trinajstić information content (AvgIpc) is 3.42. The van der Waals surface area contributed by atoms with E-state index < -0.39 is 5.97 Å². The molecule has 2 saturated carbocycles. The highest BCUT2D eigenvalue weighted by Crippen LogP contribution is 2.30. The topological polar surface area (TPSA) is 108 Å². The Morgan fingerprint density at radius 3 is 1.84 bits per heavy atom. The second kappa shape index (κ2) is 7.55. The molecule has 2 aliphatic carbocycles. The first-order chi connectivity index (χ1) is 12.0. The number of carboxylic acids is 1. The van der Waals surface area contributed by atoms with E-state index in [1.54, 1.807) is 24.3 Å². The Morgan fingerprint density at radius 2 is 1.32 bits per heavy atom. The first-order valence-electron chi connectivity index (χ1n) is 8.72. The Hall–Kier alpha value is -2.57. The maximum atomic E-state index is 12.0. The standard InChI is InChI=1S/C18H23N3O4/c22-16(11-1-2-11)19-13-7-9-15(10-8-13)21-18(25)20-14-5-3-12(4-6-14)17(23)24/h7-12,14H,1-6H2,(H,19,22)(H,23,24)(H2,20,21,25). The SMILES string of the molecule is O=C(Nc1ccc(NC(=O)C2CC2)cc1)NC1CCC(C(=O)O)CC1. The average molecular weight is 345 g/mol. The third kappa shape index (κ3) is 4.95. The third-order valence-electron chi connectivity index (χ3n) is 4.77. The van der Waals surface area contributed by atoms with Crippen LogP contribution < -0.4 is 16.0 Å². The van der Waals surface area contributed by atoms with Gasteiger partial charge in [-0.15, -0.1) is 0 Å². The molecule has 0 saturated heterocycles. The maximum absolute atomic E-state index is 12.0. The van der Waals surface area contributed by atoms with E-state index in [9.17, 15) is 14.4 Å². The van der Waals surface area contributed by atoms with Crippen LogP contribution in [0, 0.1) is 11.8 Å². The van der Waals surface area contributed by atoms with Crippen molar-refractivity contribution in [3.05, 3.63) is 24.3 Å². The molecular formula is C18H23N3O4. The van der Waals surface area contributed by atoms with Gasteiger partial charge in [-0.05, 0) is 62.8 Å². The second-order valence-electron chi connectivity index (χ2n) is 6.83. The number of nitrogens with one attached hydrogen (secondary N) is 3. The number of benzene rings is 1. The number of carbonyl (C=O) groups is 3. The van der Waals surface area contributed by atoms with E-state index >= 15 is 0 Å². The molecule has 3 amide bonds. The van der Waals surface area contributed by atoms with Crippen LogP contribution in [0.1, 0.15) is 38.5 Å². The quantitative estimate of drug-likeness (QED) is 0.658. The van der Waals surface area contributed by atoms with Crippen LogP contribution in [-0.2, 0) is 9.59 Å². The molecule has 0 spiro atoms. The van der Waals surface area contributed by atoms with E-state index in [-0.39, 0.29) is 29.8 Å². The van der Waals surface area contributed by atoms with Gasteiger partial charge in [0, 0.05) is 23.3 Å². The van der Waals surface area contributed by atoms with Crippen molar-refractivity contribution < 1.29 is 19.5 Å². The van der Waals surface area contributed by atoms with Gasteiger partial charge in [-0.3, -0.25) is 9.59 Å². The third-order valence-corrected chi connectivity index (χ3v) is 4.77. The van der Waals surface area contributed by atoms with E-state index in [1.165, 1.54) is 0 Å². The summed E-state index contributed by atoms with van der Waals surface area (Å²) in [5.41, 5.74) is 1.36. The summed E-state index contributed by atoms with van der Waals surface area (Å²) in [5, 5.41) is 17.5. The monoisotopic (exact) mass is 345 g/mol. The smallest absolute Gasteiger partial charge is 0.319 e. The zero-order chi connectivity index (χ0) is 17.8. The van der Waals surface area contributed by atoms with Gasteiger partial charge in [-0.2, -0.15) is 0 Å². The van der Waals surface area contributed by atoms with Crippen LogP contribution in [0.3, 0.4) is 0 Å². The maximum Gasteiger partial charge on any atom is 0.319 e. The molecule has 2 aliphatic rings. The van der Waals surface area contributed by atoms with E-state index in [4.69, 9.17) is 5.11 Å². The summed E-state index contributed by atoms with van der Waals surface area (Å²) in [6.45, 7) is 0. The van der Waals surface area contributed by atoms with Crippen LogP contribution in [0.15, 0.2) is 24.3 Å². The molecule has 7 heteroatoms. The number of rotatable bonds is 5. The molecule has 0 atom stereocenters. The van der Waals surface area contributed by atoms with Crippen molar-refractivity contribution in [1.82, 2.24) is 5.32 Å². The van der Waals surface area contributed by atoms with Crippen LogP contribution in [0.4, 0.5) is 16.2 Å². The van der Waals surface area contributed by atoms with Gasteiger partial charge in [-0.25, -0.2) is 4.79 Å². The van der Waals surface area contributed by atoms with Crippen LogP contribution in [-0.4, -0.2) is 29.1 Å². The number of amides is 3. The molecule has 0 aromatic heterocycles. The molecule has 3 rings (SSSR count). The second-order valence-corrected chi connectivity index (χ2v) is 6.83. The molecule has 134 valence electrons. The lowest BCUT2D eigenvalue weighted by Gasteiger charge is -2.26. The fourth-order valence-electron chi connectivity index (χ4n) is 3.06. The molecule has 2 fully saturated rings. The highest BCUT2D eigenvalue weighted by Gasteiger charge is 2.29. The summed E-state index contributed by atoms with van der Waals surface area (Å²) in [4.78, 5) is 34.7. The highest BCUT2D eigenvalue weighted by atomic mass is 16.4. The fraction of sp³-hybridized carbons (Fsp3) is 0.500. The van der Waals surface area contributed by atoms with Gasteiger partial charge in [0.25, 0.3) is 0 Å². The molecule has 0 unspecified atom stereocenters. The Labute approximate surface area is 146 Å². The number of carboxylic acid groups (broad SMARTS) is 1. The molecule has 1 aromatic rings. The minimum atomic E-state index is -0.753. The van der Waals surface area contributed by atoms with Crippen molar-refractivity contribution >= 4 is 29.3 Å². The summed E-state index contributed by atoms with van der Waals surface area (Å²) < 4.78 is 0. The minimum absolute atomic E-state index is 0.00713. The lowest BCUT2D eigenvalue weighted by molar-refractivity contribution is -0.142. The summed E-state index contributed by atoms with van der Waals surface area (Å²) >= 11 is 0. The van der Waals surface area contributed by atoms with E-state index in [0.717, 1.165) is 18.5 Å². The predicted molar refractivity (Wildman–Crippen MR) is 93.3 cm³/mol. The molecule has 4 N–H and O–H groups in total. The van der Waals surface area contributed by atoms with Gasteiger partial charge in [0.2, 0.25) is 5.91 Å².